The van der Waals surface area contributed by atoms with Crippen LogP contribution >= 0.6 is 0 Å². The maximum atomic E-state index is 4.80. The van der Waals surface area contributed by atoms with E-state index in [1.165, 1.54) is 63.0 Å². The van der Waals surface area contributed by atoms with Crippen molar-refractivity contribution in [3.05, 3.63) is 24.3 Å². The number of rotatable bonds is 4. The molecule has 0 saturated heterocycles. The summed E-state index contributed by atoms with van der Waals surface area (Å²) in [4.78, 5) is 0. The molecule has 0 aliphatic heterocycles. The largest absolute Gasteiger partial charge is 0.310 e. The molecule has 118 valence electrons. The molecule has 5 fully saturated rings. The van der Waals surface area contributed by atoms with E-state index in [9.17, 15) is 0 Å². The lowest BCUT2D eigenvalue weighted by Gasteiger charge is -2.56. The zero-order valence-electron chi connectivity index (χ0n) is 13.7. The Morgan fingerprint density at radius 1 is 1.05 bits per heavy atom. The lowest BCUT2D eigenvalue weighted by molar-refractivity contribution is -0.0110. The Morgan fingerprint density at radius 2 is 1.59 bits per heavy atom. The van der Waals surface area contributed by atoms with Gasteiger partial charge in [0.1, 0.15) is 11.6 Å². The minimum Gasteiger partial charge on any atom is -0.310 e. The summed E-state index contributed by atoms with van der Waals surface area (Å²) in [6.45, 7) is 7.22. The molecule has 0 unspecified atom stereocenters. The number of aromatic nitrogens is 3. The molecule has 0 spiro atoms. The van der Waals surface area contributed by atoms with Crippen molar-refractivity contribution in [1.82, 2.24) is 14.8 Å². The van der Waals surface area contributed by atoms with E-state index >= 15 is 0 Å². The number of allylic oxidation sites excluding steroid dienone is 1. The van der Waals surface area contributed by atoms with Crippen LogP contribution in [0.1, 0.15) is 69.9 Å². The zero-order chi connectivity index (χ0) is 14.9. The Morgan fingerprint density at radius 3 is 2.09 bits per heavy atom. The maximum Gasteiger partial charge on any atom is 0.139 e. The van der Waals surface area contributed by atoms with E-state index < -0.39 is 0 Å². The molecular formula is C19H27N3. The van der Waals surface area contributed by atoms with Gasteiger partial charge < -0.3 is 4.57 Å². The van der Waals surface area contributed by atoms with Crippen molar-refractivity contribution in [2.75, 3.05) is 0 Å². The van der Waals surface area contributed by atoms with E-state index in [2.05, 4.69) is 18.1 Å². The molecule has 3 heteroatoms. The molecule has 0 radical (unpaired) electrons. The molecule has 5 aliphatic carbocycles. The third kappa shape index (κ3) is 1.74. The molecule has 0 aromatic carbocycles. The molecule has 5 aliphatic rings. The van der Waals surface area contributed by atoms with Gasteiger partial charge in [-0.15, -0.1) is 16.8 Å². The van der Waals surface area contributed by atoms with E-state index in [-0.39, 0.29) is 5.41 Å². The molecule has 1 aromatic rings. The third-order valence-corrected chi connectivity index (χ3v) is 7.11. The smallest absolute Gasteiger partial charge is 0.139 e. The first kappa shape index (κ1) is 13.3. The highest BCUT2D eigenvalue weighted by molar-refractivity contribution is 5.24. The second-order valence-corrected chi connectivity index (χ2v) is 9.01. The van der Waals surface area contributed by atoms with Crippen molar-refractivity contribution in [1.29, 1.82) is 0 Å². The van der Waals surface area contributed by atoms with Crippen LogP contribution in [-0.2, 0) is 17.4 Å². The van der Waals surface area contributed by atoms with Crippen LogP contribution in [0.5, 0.6) is 0 Å². The minimum atomic E-state index is 0.288. The monoisotopic (exact) mass is 297 g/mol. The van der Waals surface area contributed by atoms with E-state index in [0.717, 1.165) is 24.3 Å². The van der Waals surface area contributed by atoms with Crippen LogP contribution in [-0.4, -0.2) is 14.8 Å². The van der Waals surface area contributed by atoms with Crippen molar-refractivity contribution in [2.24, 2.45) is 17.8 Å². The Kier molecular flexibility index (Phi) is 2.57. The molecule has 0 atom stereocenters. The first-order valence-corrected chi connectivity index (χ1v) is 9.17. The SMILES string of the molecule is C=CCn1c(C2(C)CC2)nnc1C12CC3CC(CC(C3)C1)C2. The molecule has 0 N–H and O–H groups in total. The quantitative estimate of drug-likeness (QED) is 0.787. The molecule has 22 heavy (non-hydrogen) atoms. The average molecular weight is 297 g/mol. The van der Waals surface area contributed by atoms with Crippen molar-refractivity contribution < 1.29 is 0 Å². The van der Waals surface area contributed by atoms with Crippen molar-refractivity contribution >= 4 is 0 Å². The van der Waals surface area contributed by atoms with Gasteiger partial charge in [0.2, 0.25) is 0 Å². The molecule has 6 rings (SSSR count). The summed E-state index contributed by atoms with van der Waals surface area (Å²) in [6, 6.07) is 0. The highest BCUT2D eigenvalue weighted by Crippen LogP contribution is 2.60. The van der Waals surface area contributed by atoms with Gasteiger partial charge in [0.25, 0.3) is 0 Å². The fourth-order valence-electron chi connectivity index (χ4n) is 6.24. The number of hydrogen-bond acceptors (Lipinski definition) is 2. The van der Waals surface area contributed by atoms with Crippen molar-refractivity contribution in [3.8, 4) is 0 Å². The molecule has 0 amide bonds. The van der Waals surface area contributed by atoms with Gasteiger partial charge >= 0.3 is 0 Å². The predicted molar refractivity (Wildman–Crippen MR) is 86.7 cm³/mol. The summed E-state index contributed by atoms with van der Waals surface area (Å²) in [5.74, 6) is 5.42. The summed E-state index contributed by atoms with van der Waals surface area (Å²) in [5.41, 5.74) is 0.630. The zero-order valence-corrected chi connectivity index (χ0v) is 13.7. The molecule has 5 saturated carbocycles. The van der Waals surface area contributed by atoms with Crippen LogP contribution in [0.15, 0.2) is 12.7 Å². The summed E-state index contributed by atoms with van der Waals surface area (Å²) in [6.07, 6.45) is 13.1. The Balaban J connectivity index is 1.60. The second-order valence-electron chi connectivity index (χ2n) is 9.01. The number of nitrogens with zero attached hydrogens (tertiary/aromatic N) is 3. The molecule has 1 heterocycles. The van der Waals surface area contributed by atoms with Crippen LogP contribution in [0.3, 0.4) is 0 Å². The van der Waals surface area contributed by atoms with E-state index in [0.29, 0.717) is 5.41 Å². The highest BCUT2D eigenvalue weighted by Gasteiger charge is 2.55. The van der Waals surface area contributed by atoms with Crippen LogP contribution in [0, 0.1) is 17.8 Å². The molecule has 3 nitrogen and oxygen atoms in total. The number of hydrogen-bond donors (Lipinski definition) is 0. The first-order chi connectivity index (χ1) is 10.6. The van der Waals surface area contributed by atoms with Gasteiger partial charge in [0.15, 0.2) is 0 Å². The van der Waals surface area contributed by atoms with Crippen molar-refractivity contribution in [3.63, 3.8) is 0 Å². The second kappa shape index (κ2) is 4.24. The molecular weight excluding hydrogens is 270 g/mol. The van der Waals surface area contributed by atoms with Crippen LogP contribution in [0.25, 0.3) is 0 Å². The summed E-state index contributed by atoms with van der Waals surface area (Å²) in [5, 5.41) is 9.49. The summed E-state index contributed by atoms with van der Waals surface area (Å²) < 4.78 is 2.45. The Bertz CT molecular complexity index is 587. The predicted octanol–water partition coefficient (Wildman–Crippen LogP) is 3.98. The lowest BCUT2D eigenvalue weighted by Crippen LogP contribution is -2.49. The van der Waals surface area contributed by atoms with Crippen LogP contribution in [0.2, 0.25) is 0 Å². The van der Waals surface area contributed by atoms with Crippen LogP contribution in [0.4, 0.5) is 0 Å². The Hall–Kier alpha value is -1.12. The lowest BCUT2D eigenvalue weighted by atomic mass is 9.49. The third-order valence-electron chi connectivity index (χ3n) is 7.11. The highest BCUT2D eigenvalue weighted by atomic mass is 15.3. The molecule has 4 bridgehead atoms. The summed E-state index contributed by atoms with van der Waals surface area (Å²) in [7, 11) is 0. The van der Waals surface area contributed by atoms with Gasteiger partial charge in [-0.05, 0) is 69.1 Å². The average Bonchev–Trinajstić information content (AvgIpc) is 3.05. The topological polar surface area (TPSA) is 30.7 Å². The van der Waals surface area contributed by atoms with Gasteiger partial charge in [-0.2, -0.15) is 0 Å². The minimum absolute atomic E-state index is 0.288. The van der Waals surface area contributed by atoms with Gasteiger partial charge in [-0.1, -0.05) is 13.0 Å². The van der Waals surface area contributed by atoms with E-state index in [1.54, 1.807) is 0 Å². The maximum absolute atomic E-state index is 4.80. The van der Waals surface area contributed by atoms with Gasteiger partial charge in [0.05, 0.1) is 0 Å². The fraction of sp³-hybridized carbons (Fsp3) is 0.789. The van der Waals surface area contributed by atoms with E-state index in [1.807, 2.05) is 6.08 Å². The van der Waals surface area contributed by atoms with Gasteiger partial charge in [-0.3, -0.25) is 0 Å². The van der Waals surface area contributed by atoms with Gasteiger partial charge in [-0.25, -0.2) is 0 Å². The first-order valence-electron chi connectivity index (χ1n) is 9.17. The standard InChI is InChI=1S/C19H27N3/c1-3-6-22-16(18(2)4-5-18)20-21-17(22)19-10-13-7-14(11-19)9-15(8-13)12-19/h3,13-15H,1,4-12H2,2H3. The van der Waals surface area contributed by atoms with Crippen molar-refractivity contribution in [2.45, 2.75) is 75.7 Å². The normalized spacial score (nSPS) is 40.9. The van der Waals surface area contributed by atoms with Gasteiger partial charge in [0, 0.05) is 17.4 Å². The Labute approximate surface area is 133 Å². The van der Waals surface area contributed by atoms with Crippen LogP contribution < -0.4 is 0 Å². The molecule has 1 aromatic heterocycles. The fourth-order valence-corrected chi connectivity index (χ4v) is 6.24. The van der Waals surface area contributed by atoms with E-state index in [4.69, 9.17) is 10.2 Å². The summed E-state index contributed by atoms with van der Waals surface area (Å²) >= 11 is 0.